The van der Waals surface area contributed by atoms with Gasteiger partial charge in [-0.05, 0) is 39.3 Å². The SMILES string of the molecule is CC(N)N.CC(N)N.COC(C)OC(=O)NCNC(C)=O.COC(CCP)OC(=O)NCNC(C)=O.COC(CCP)OC(=O)NCNC(C)=O.N#COCN=C=O.O=C(O)NCNC(=O)O.OC(O)CCP. The fourth-order valence-corrected chi connectivity index (χ4v) is 3.28. The quantitative estimate of drug-likeness (QED) is 0.00990. The van der Waals surface area contributed by atoms with Crippen LogP contribution in [0.3, 0.4) is 0 Å². The smallest absolute Gasteiger partial charge is 0.410 e. The molecule has 0 radical (unpaired) electrons. The number of carbonyl (C=O) groups is 8. The zero-order chi connectivity index (χ0) is 58.6. The van der Waals surface area contributed by atoms with Crippen LogP contribution in [0.5, 0.6) is 0 Å². The molecular formula is C36H81N14O20P3. The molecule has 20 N–H and O–H groups in total. The van der Waals surface area contributed by atoms with Crippen LogP contribution in [0.4, 0.5) is 24.0 Å². The highest BCUT2D eigenvalue weighted by Crippen LogP contribution is 2.03. The van der Waals surface area contributed by atoms with Gasteiger partial charge in [0.2, 0.25) is 49.4 Å². The molecule has 0 saturated heterocycles. The Hall–Kier alpha value is -5.64. The lowest BCUT2D eigenvalue weighted by Crippen LogP contribution is -2.38. The average Bonchev–Trinajstić information content (AvgIpc) is 3.26. The summed E-state index contributed by atoms with van der Waals surface area (Å²) in [5.74, 6) is -0.660. The van der Waals surface area contributed by atoms with Gasteiger partial charge in [0.15, 0.2) is 6.29 Å². The highest BCUT2D eigenvalue weighted by Gasteiger charge is 2.13. The summed E-state index contributed by atoms with van der Waals surface area (Å²) in [6.07, 6.45) is -1.07. The van der Waals surface area contributed by atoms with Gasteiger partial charge in [-0.25, -0.2) is 28.8 Å². The minimum absolute atomic E-state index is 0.0462. The standard InChI is InChI=1S/2C8H17N2O4P.C7H14N2O4.C3H6N2O4.C3H2N2O2.C3H9O2P.2C2H8N2/c2*1-6(11)9-5-10-8(12)14-7(13-2)3-4-15;1-5(10)8-4-9-7(11)13-6(2)12-3;6-2(7)4-1-5-3(8)9;4-1-7-3-5-2-6;4-3(5)1-2-6;2*1-2(3)4/h2*7H,3-5,15H2,1-2H3,(H,9,11)(H,10,12);6H,4H2,1-3H3,(H,8,10)(H,9,11);4-5H,1H2,(H,6,7)(H,8,9);3H2;3-5H,1-2,6H2;2*2H,3-4H2,1H3. The number of methoxy groups -OCH3 is 3. The Kier molecular flexibility index (Phi) is 76.5. The lowest BCUT2D eigenvalue weighted by molar-refractivity contribution is -0.120. The second-order valence-electron chi connectivity index (χ2n) is 12.3. The second kappa shape index (κ2) is 66.4. The Morgan fingerprint density at radius 1 is 0.562 bits per heavy atom. The molecule has 73 heavy (non-hydrogen) atoms. The van der Waals surface area contributed by atoms with Crippen molar-refractivity contribution in [2.75, 3.05) is 73.2 Å². The number of aliphatic hydroxyl groups is 2. The summed E-state index contributed by atoms with van der Waals surface area (Å²) >= 11 is 0. The fourth-order valence-electron chi connectivity index (χ4n) is 2.44. The highest BCUT2D eigenvalue weighted by atomic mass is 31.0. The Balaban J connectivity index is -0.000000115. The third kappa shape index (κ3) is 113. The molecule has 8 amide bonds. The molecule has 6 unspecified atom stereocenters. The molecule has 34 nitrogen and oxygen atoms in total. The number of rotatable bonds is 22. The van der Waals surface area contributed by atoms with Crippen LogP contribution in [0.1, 0.15) is 60.8 Å². The van der Waals surface area contributed by atoms with Crippen molar-refractivity contribution in [3.8, 4) is 6.26 Å². The zero-order valence-electron chi connectivity index (χ0n) is 42.5. The van der Waals surface area contributed by atoms with E-state index in [2.05, 4.69) is 78.8 Å². The molecule has 0 aromatic heterocycles. The van der Waals surface area contributed by atoms with Crippen LogP contribution >= 0.6 is 27.7 Å². The van der Waals surface area contributed by atoms with E-state index >= 15 is 0 Å². The second-order valence-corrected chi connectivity index (χ2v) is 14.0. The topological polar surface area (TPSA) is 536 Å². The van der Waals surface area contributed by atoms with Crippen molar-refractivity contribution in [3.05, 3.63) is 0 Å². The van der Waals surface area contributed by atoms with Crippen molar-refractivity contribution in [2.24, 2.45) is 27.9 Å². The molecule has 37 heteroatoms. The van der Waals surface area contributed by atoms with E-state index in [1.165, 1.54) is 54.4 Å². The Labute approximate surface area is 431 Å². The summed E-state index contributed by atoms with van der Waals surface area (Å²) < 4.78 is 32.9. The van der Waals surface area contributed by atoms with Crippen molar-refractivity contribution in [1.82, 2.24) is 42.5 Å². The van der Waals surface area contributed by atoms with E-state index in [4.69, 9.17) is 67.6 Å². The van der Waals surface area contributed by atoms with E-state index < -0.39 is 55.6 Å². The first kappa shape index (κ1) is 84.2. The maximum absolute atomic E-state index is 11.1. The Morgan fingerprint density at radius 2 is 0.863 bits per heavy atom. The van der Waals surface area contributed by atoms with Crippen LogP contribution in [-0.2, 0) is 52.3 Å². The molecule has 0 aliphatic heterocycles. The number of nitrogens with zero attached hydrogens (tertiary/aromatic N) is 2. The minimum Gasteiger partial charge on any atom is -0.465 e. The molecule has 0 rings (SSSR count). The number of hydrogen-bond donors (Lipinski definition) is 16. The third-order valence-electron chi connectivity index (χ3n) is 5.28. The van der Waals surface area contributed by atoms with Gasteiger partial charge in [-0.15, -0.1) is 27.7 Å². The first-order chi connectivity index (χ1) is 34.0. The number of ether oxygens (including phenoxy) is 7. The molecule has 0 spiro atoms. The maximum Gasteiger partial charge on any atom is 0.410 e. The van der Waals surface area contributed by atoms with Gasteiger partial charge in [-0.1, -0.05) is 0 Å². The van der Waals surface area contributed by atoms with Gasteiger partial charge in [0.05, 0.1) is 26.7 Å². The van der Waals surface area contributed by atoms with Crippen molar-refractivity contribution in [3.63, 3.8) is 0 Å². The van der Waals surface area contributed by atoms with Crippen molar-refractivity contribution in [1.29, 1.82) is 5.26 Å². The first-order valence-electron chi connectivity index (χ1n) is 20.7. The number of nitrogens with one attached hydrogen (secondary N) is 8. The van der Waals surface area contributed by atoms with Gasteiger partial charge < -0.3 is 119 Å². The number of isocyanates is 1. The van der Waals surface area contributed by atoms with E-state index in [1.54, 1.807) is 31.4 Å². The minimum atomic E-state index is -1.26. The molecular weight excluding hydrogens is 1040 g/mol. The number of carboxylic acid groups (broad SMARTS) is 2. The summed E-state index contributed by atoms with van der Waals surface area (Å²) in [7, 11) is 11.8. The molecule has 0 heterocycles. The van der Waals surface area contributed by atoms with E-state index in [0.29, 0.717) is 19.3 Å². The van der Waals surface area contributed by atoms with Crippen LogP contribution in [0.25, 0.3) is 0 Å². The summed E-state index contributed by atoms with van der Waals surface area (Å²) in [6, 6.07) is 0. The molecule has 0 bridgehead atoms. The van der Waals surface area contributed by atoms with E-state index in [-0.39, 0.29) is 63.5 Å². The maximum atomic E-state index is 11.1. The molecule has 0 fully saturated rings. The molecule has 430 valence electrons. The number of aliphatic hydroxyl groups excluding tert-OH is 1. The highest BCUT2D eigenvalue weighted by molar-refractivity contribution is 7.16. The molecule has 0 aliphatic rings. The van der Waals surface area contributed by atoms with Crippen LogP contribution in [0, 0.1) is 11.5 Å². The van der Waals surface area contributed by atoms with Gasteiger partial charge in [-0.2, -0.15) is 10.3 Å². The predicted octanol–water partition coefficient (Wildman–Crippen LogP) is -2.80. The van der Waals surface area contributed by atoms with Crippen LogP contribution in [-0.4, -0.2) is 185 Å². The van der Waals surface area contributed by atoms with Crippen molar-refractivity contribution >= 4 is 82.0 Å². The molecule has 0 saturated carbocycles. The largest absolute Gasteiger partial charge is 0.465 e. The van der Waals surface area contributed by atoms with Crippen molar-refractivity contribution < 1.29 is 96.7 Å². The third-order valence-corrected chi connectivity index (χ3v) is 6.28. The van der Waals surface area contributed by atoms with Crippen LogP contribution in [0.2, 0.25) is 0 Å². The molecule has 0 aromatic carbocycles. The number of aliphatic imine (C=N–C) groups is 1. The number of hydrogen-bond acceptors (Lipinski definition) is 24. The predicted molar refractivity (Wildman–Crippen MR) is 271 cm³/mol. The first-order valence-corrected chi connectivity index (χ1v) is 23.1. The normalized spacial score (nSPS) is 10.2. The Bertz CT molecular complexity index is 1420. The van der Waals surface area contributed by atoms with Crippen LogP contribution in [0.15, 0.2) is 4.99 Å². The Morgan fingerprint density at radius 3 is 1.07 bits per heavy atom. The fraction of sp³-hybridized carbons (Fsp3) is 0.722. The zero-order valence-corrected chi connectivity index (χ0v) is 46.0. The molecule has 6 atom stereocenters. The lowest BCUT2D eigenvalue weighted by Gasteiger charge is -2.15. The average molecular weight is 1120 g/mol. The number of nitriles is 1. The van der Waals surface area contributed by atoms with Crippen molar-refractivity contribution in [2.45, 2.75) is 98.3 Å². The van der Waals surface area contributed by atoms with Gasteiger partial charge >= 0.3 is 30.5 Å². The summed E-state index contributed by atoms with van der Waals surface area (Å²) in [5.41, 5.74) is 19.6. The van der Waals surface area contributed by atoms with E-state index in [9.17, 15) is 43.2 Å². The number of alkyl carbamates (subject to hydrolysis) is 3. The summed E-state index contributed by atoms with van der Waals surface area (Å²) in [5, 5.41) is 57.4. The van der Waals surface area contributed by atoms with Gasteiger partial charge in [-0.3, -0.25) is 14.4 Å². The summed E-state index contributed by atoms with van der Waals surface area (Å²) in [6.45, 7) is 8.73. The number of carbonyl (C=O) groups excluding carboxylic acids is 7. The van der Waals surface area contributed by atoms with E-state index in [1.807, 2.05) is 0 Å². The van der Waals surface area contributed by atoms with Crippen LogP contribution < -0.4 is 65.5 Å². The summed E-state index contributed by atoms with van der Waals surface area (Å²) in [4.78, 5) is 95.7. The van der Waals surface area contributed by atoms with Gasteiger partial charge in [0.25, 0.3) is 6.26 Å². The number of amides is 8. The molecule has 0 aliphatic carbocycles. The van der Waals surface area contributed by atoms with Gasteiger partial charge in [0, 0.05) is 73.7 Å². The van der Waals surface area contributed by atoms with Gasteiger partial charge in [0.1, 0.15) is 0 Å². The van der Waals surface area contributed by atoms with E-state index in [0.717, 1.165) is 18.5 Å². The molecule has 0 aromatic rings. The monoisotopic (exact) mass is 1120 g/mol. The lowest BCUT2D eigenvalue weighted by atomic mass is 10.5. The number of nitrogens with two attached hydrogens (primary N) is 4.